The fourth-order valence-electron chi connectivity index (χ4n) is 1.70. The molecule has 5 nitrogen and oxygen atoms in total. The van der Waals surface area contributed by atoms with Crippen LogP contribution in [0, 0.1) is 10.2 Å². The van der Waals surface area contributed by atoms with E-state index in [0.717, 1.165) is 27.0 Å². The van der Waals surface area contributed by atoms with Crippen molar-refractivity contribution < 1.29 is 33.3 Å². The molecule has 0 spiro atoms. The smallest absolute Gasteiger partial charge is 0.222 e. The molecule has 20 heavy (non-hydrogen) atoms. The van der Waals surface area contributed by atoms with Crippen LogP contribution in [0.3, 0.4) is 0 Å². The third-order valence-corrected chi connectivity index (χ3v) is 2.66. The first-order valence-corrected chi connectivity index (χ1v) is 6.97. The molecule has 3 rings (SSSR count). The Morgan fingerprint density at radius 2 is 1.40 bits per heavy atom. The first-order chi connectivity index (χ1) is 9.33. The zero-order chi connectivity index (χ0) is 14.8. The molecular weight excluding hydrogens is 307 g/mol. The Balaban J connectivity index is 0.000000257. The quantitative estimate of drug-likeness (QED) is 0.421. The van der Waals surface area contributed by atoms with E-state index < -0.39 is 10.2 Å². The second-order valence-electron chi connectivity index (χ2n) is 3.84. The summed E-state index contributed by atoms with van der Waals surface area (Å²) in [6.07, 6.45) is 0. The molecule has 0 aliphatic heterocycles. The standard InChI is InChI=1S/C13H8ClO.ClHO4/c14-11-5-6-13-10(8-11)7-9-3-1-2-4-12(9)15-13;2-1(3,4)5/h1-8H;(H,2,3,4,5)/q+1;/p-1. The normalized spacial score (nSPS) is 11.2. The van der Waals surface area contributed by atoms with Crippen LogP contribution in [0.5, 0.6) is 0 Å². The van der Waals surface area contributed by atoms with E-state index in [9.17, 15) is 0 Å². The summed E-state index contributed by atoms with van der Waals surface area (Å²) in [6, 6.07) is 15.7. The molecule has 0 saturated heterocycles. The number of hydrogen-bond acceptors (Lipinski definition) is 4. The molecule has 2 aromatic carbocycles. The molecule has 0 fully saturated rings. The fourth-order valence-corrected chi connectivity index (χ4v) is 1.88. The number of benzene rings is 2. The summed E-state index contributed by atoms with van der Waals surface area (Å²) in [5, 5.41) is 2.85. The summed E-state index contributed by atoms with van der Waals surface area (Å²) in [5.74, 6) is 0. The van der Waals surface area contributed by atoms with E-state index in [-0.39, 0.29) is 0 Å². The highest BCUT2D eigenvalue weighted by Crippen LogP contribution is 2.24. The Morgan fingerprint density at radius 3 is 2.10 bits per heavy atom. The van der Waals surface area contributed by atoms with Crippen molar-refractivity contribution in [2.24, 2.45) is 0 Å². The molecule has 3 aromatic rings. The van der Waals surface area contributed by atoms with Gasteiger partial charge in [-0.05, 0) is 24.3 Å². The predicted octanol–water partition coefficient (Wildman–Crippen LogP) is -0.235. The van der Waals surface area contributed by atoms with Gasteiger partial charge in [0.05, 0.1) is 10.8 Å². The van der Waals surface area contributed by atoms with E-state index in [1.54, 1.807) is 0 Å². The topological polar surface area (TPSA) is 104 Å². The van der Waals surface area contributed by atoms with Crippen LogP contribution in [-0.4, -0.2) is 0 Å². The van der Waals surface area contributed by atoms with Gasteiger partial charge in [0.1, 0.15) is 0 Å². The van der Waals surface area contributed by atoms with Crippen LogP contribution < -0.4 is 18.6 Å². The van der Waals surface area contributed by atoms with E-state index in [2.05, 4.69) is 6.07 Å². The second kappa shape index (κ2) is 5.88. The van der Waals surface area contributed by atoms with Gasteiger partial charge in [0.15, 0.2) is 0 Å². The maximum atomic E-state index is 8.49. The molecule has 0 unspecified atom stereocenters. The van der Waals surface area contributed by atoms with Gasteiger partial charge < -0.3 is 0 Å². The molecule has 1 aromatic heterocycles. The molecule has 0 aliphatic carbocycles. The zero-order valence-corrected chi connectivity index (χ0v) is 11.4. The third-order valence-electron chi connectivity index (χ3n) is 2.42. The summed E-state index contributed by atoms with van der Waals surface area (Å²) in [5.41, 5.74) is 1.76. The average Bonchev–Trinajstić information content (AvgIpc) is 2.34. The van der Waals surface area contributed by atoms with E-state index in [4.69, 9.17) is 34.7 Å². The Hall–Kier alpha value is -1.47. The number of hydrogen-bond donors (Lipinski definition) is 0. The van der Waals surface area contributed by atoms with E-state index >= 15 is 0 Å². The molecule has 0 N–H and O–H groups in total. The lowest BCUT2D eigenvalue weighted by molar-refractivity contribution is -2.00. The molecule has 0 aliphatic rings. The number of halogens is 2. The van der Waals surface area contributed by atoms with Gasteiger partial charge in [-0.25, -0.2) is 23.1 Å². The summed E-state index contributed by atoms with van der Waals surface area (Å²) in [4.78, 5) is 0. The van der Waals surface area contributed by atoms with Crippen molar-refractivity contribution in [3.63, 3.8) is 0 Å². The Morgan fingerprint density at radius 1 is 0.800 bits per heavy atom. The van der Waals surface area contributed by atoms with Crippen molar-refractivity contribution >= 4 is 33.5 Å². The predicted molar refractivity (Wildman–Crippen MR) is 63.1 cm³/mol. The van der Waals surface area contributed by atoms with Gasteiger partial charge in [-0.3, -0.25) is 0 Å². The van der Waals surface area contributed by atoms with Gasteiger partial charge in [-0.2, -0.15) is 0 Å². The van der Waals surface area contributed by atoms with Crippen LogP contribution in [0.2, 0.25) is 5.02 Å². The minimum Gasteiger partial charge on any atom is -0.222 e. The van der Waals surface area contributed by atoms with Gasteiger partial charge >= 0.3 is 11.2 Å². The lowest BCUT2D eigenvalue weighted by Gasteiger charge is -2.17. The molecule has 0 radical (unpaired) electrons. The molecule has 0 atom stereocenters. The molecular formula is C13H8Cl2O5. The van der Waals surface area contributed by atoms with E-state index in [1.807, 2.05) is 42.5 Å². The average molecular weight is 315 g/mol. The van der Waals surface area contributed by atoms with Crippen molar-refractivity contribution in [3.8, 4) is 0 Å². The molecule has 7 heteroatoms. The second-order valence-corrected chi connectivity index (χ2v) is 5.04. The Bertz CT molecular complexity index is 733. The molecule has 1 heterocycles. The van der Waals surface area contributed by atoms with Crippen LogP contribution in [0.15, 0.2) is 52.9 Å². The van der Waals surface area contributed by atoms with Crippen LogP contribution in [-0.2, 0) is 0 Å². The highest BCUT2D eigenvalue weighted by atomic mass is 35.7. The van der Waals surface area contributed by atoms with Crippen molar-refractivity contribution in [2.75, 3.05) is 0 Å². The number of fused-ring (bicyclic) bond motifs is 2. The minimum atomic E-state index is -4.94. The Labute approximate surface area is 121 Å². The van der Waals surface area contributed by atoms with Crippen LogP contribution in [0.25, 0.3) is 21.9 Å². The largest absolute Gasteiger partial charge is 0.360 e. The van der Waals surface area contributed by atoms with Gasteiger partial charge in [-0.15, -0.1) is 10.2 Å². The maximum absolute atomic E-state index is 8.49. The van der Waals surface area contributed by atoms with Gasteiger partial charge in [0, 0.05) is 17.2 Å². The monoisotopic (exact) mass is 314 g/mol. The van der Waals surface area contributed by atoms with Crippen LogP contribution >= 0.6 is 11.6 Å². The van der Waals surface area contributed by atoms with Gasteiger partial charge in [0.25, 0.3) is 0 Å². The Kier molecular flexibility index (Phi) is 4.39. The summed E-state index contributed by atoms with van der Waals surface area (Å²) in [7, 11) is -4.94. The van der Waals surface area contributed by atoms with Crippen LogP contribution in [0.1, 0.15) is 0 Å². The van der Waals surface area contributed by atoms with E-state index in [0.29, 0.717) is 0 Å². The zero-order valence-electron chi connectivity index (χ0n) is 9.92. The van der Waals surface area contributed by atoms with Crippen LogP contribution in [0.4, 0.5) is 0 Å². The molecule has 0 saturated carbocycles. The SMILES string of the molecule is Clc1ccc2[o+]c3ccccc3cc2c1.[O-][Cl+3]([O-])([O-])[O-]. The number of para-hydroxylation sites is 1. The molecule has 104 valence electrons. The number of rotatable bonds is 0. The van der Waals surface area contributed by atoms with Crippen molar-refractivity contribution in [1.29, 1.82) is 0 Å². The molecule has 0 amide bonds. The highest BCUT2D eigenvalue weighted by molar-refractivity contribution is 6.31. The first kappa shape index (κ1) is 14.9. The molecule has 0 bridgehead atoms. The van der Waals surface area contributed by atoms with Crippen molar-refractivity contribution in [2.45, 2.75) is 0 Å². The minimum absolute atomic E-state index is 0.730. The van der Waals surface area contributed by atoms with E-state index in [1.165, 1.54) is 0 Å². The summed E-state index contributed by atoms with van der Waals surface area (Å²) in [6.45, 7) is 0. The fraction of sp³-hybridized carbons (Fsp3) is 0. The van der Waals surface area contributed by atoms with Gasteiger partial charge in [-0.1, -0.05) is 23.7 Å². The van der Waals surface area contributed by atoms with Gasteiger partial charge in [0.2, 0.25) is 0 Å². The third kappa shape index (κ3) is 4.28. The van der Waals surface area contributed by atoms with Crippen molar-refractivity contribution in [1.82, 2.24) is 0 Å². The maximum Gasteiger partial charge on any atom is 0.360 e. The summed E-state index contributed by atoms with van der Waals surface area (Å²) >= 11 is 5.93. The lowest BCUT2D eigenvalue weighted by atomic mass is 10.1. The summed E-state index contributed by atoms with van der Waals surface area (Å²) < 4.78 is 39.7. The van der Waals surface area contributed by atoms with Crippen molar-refractivity contribution in [3.05, 3.63) is 53.6 Å². The first-order valence-electron chi connectivity index (χ1n) is 5.36. The lowest BCUT2D eigenvalue weighted by Crippen LogP contribution is -2.68. The highest BCUT2D eigenvalue weighted by Gasteiger charge is 2.10.